The van der Waals surface area contributed by atoms with Crippen LogP contribution in [-0.4, -0.2) is 58.6 Å². The van der Waals surface area contributed by atoms with E-state index < -0.39 is 5.76 Å². The molecule has 1 aromatic carbocycles. The largest absolute Gasteiger partial charge is 0.471 e. The van der Waals surface area contributed by atoms with Crippen LogP contribution in [0.2, 0.25) is 0 Å². The number of nitrogens with zero attached hydrogens (tertiary/aromatic N) is 5. The lowest BCUT2D eigenvalue weighted by Crippen LogP contribution is -2.35. The third kappa shape index (κ3) is 3.55. The minimum absolute atomic E-state index is 0.0571. The first-order valence-electron chi connectivity index (χ1n) is 9.03. The summed E-state index contributed by atoms with van der Waals surface area (Å²) in [5.41, 5.74) is 1.09. The van der Waals surface area contributed by atoms with E-state index in [1.807, 2.05) is 19.0 Å². The van der Waals surface area contributed by atoms with Gasteiger partial charge in [0.15, 0.2) is 11.4 Å². The number of hydrogen-bond acceptors (Lipinski definition) is 7. The number of fused-ring (bicyclic) bond motifs is 1. The van der Waals surface area contributed by atoms with Crippen molar-refractivity contribution in [3.8, 4) is 5.88 Å². The monoisotopic (exact) mass is 383 g/mol. The van der Waals surface area contributed by atoms with Crippen LogP contribution in [-0.2, 0) is 11.3 Å². The van der Waals surface area contributed by atoms with Gasteiger partial charge in [0.1, 0.15) is 12.6 Å². The van der Waals surface area contributed by atoms with Gasteiger partial charge < -0.3 is 19.0 Å². The first kappa shape index (κ1) is 18.0. The number of amides is 1. The van der Waals surface area contributed by atoms with E-state index in [0.29, 0.717) is 42.3 Å². The molecule has 1 aliphatic rings. The van der Waals surface area contributed by atoms with E-state index >= 15 is 0 Å². The van der Waals surface area contributed by atoms with Crippen LogP contribution >= 0.6 is 0 Å². The van der Waals surface area contributed by atoms with Gasteiger partial charge in [0.2, 0.25) is 11.8 Å². The molecule has 9 nitrogen and oxygen atoms in total. The van der Waals surface area contributed by atoms with Crippen molar-refractivity contribution in [2.24, 2.45) is 0 Å². The Labute approximate surface area is 161 Å². The fourth-order valence-electron chi connectivity index (χ4n) is 3.23. The number of ether oxygens (including phenoxy) is 1. The van der Waals surface area contributed by atoms with Crippen molar-refractivity contribution in [2.45, 2.75) is 19.1 Å². The Morgan fingerprint density at radius 2 is 2.14 bits per heavy atom. The number of anilines is 1. The molecule has 0 aliphatic carbocycles. The number of oxazole rings is 1. The summed E-state index contributed by atoms with van der Waals surface area (Å²) >= 11 is 0. The zero-order valence-corrected chi connectivity index (χ0v) is 15.7. The van der Waals surface area contributed by atoms with E-state index in [2.05, 4.69) is 9.97 Å². The molecule has 9 heteroatoms. The maximum atomic E-state index is 12.7. The average Bonchev–Trinajstić information content (AvgIpc) is 3.27. The fraction of sp³-hybridized carbons (Fsp3) is 0.368. The van der Waals surface area contributed by atoms with Gasteiger partial charge in [0.25, 0.3) is 0 Å². The summed E-state index contributed by atoms with van der Waals surface area (Å²) in [5.74, 6) is 0.461. The summed E-state index contributed by atoms with van der Waals surface area (Å²) in [6, 6.07) is 7.06. The minimum atomic E-state index is -0.530. The van der Waals surface area contributed by atoms with Crippen LogP contribution in [0.1, 0.15) is 6.42 Å². The molecule has 1 fully saturated rings. The molecule has 0 saturated carbocycles. The van der Waals surface area contributed by atoms with Gasteiger partial charge in [0.05, 0.1) is 24.5 Å². The molecule has 1 unspecified atom stereocenters. The third-order valence-corrected chi connectivity index (χ3v) is 4.71. The predicted octanol–water partition coefficient (Wildman–Crippen LogP) is 1.13. The van der Waals surface area contributed by atoms with Crippen LogP contribution in [0.15, 0.2) is 45.9 Å². The zero-order chi connectivity index (χ0) is 19.7. The molecular formula is C19H21N5O4. The second kappa shape index (κ2) is 7.34. The Balaban J connectivity index is 1.41. The zero-order valence-electron chi connectivity index (χ0n) is 15.7. The Bertz CT molecular complexity index is 1060. The van der Waals surface area contributed by atoms with E-state index in [1.165, 1.54) is 4.57 Å². The summed E-state index contributed by atoms with van der Waals surface area (Å²) in [7, 11) is 3.76. The SMILES string of the molecule is CN(C)c1cncc(OC2CCN(C(=O)Cn3c(=O)oc4ccccc43)C2)n1. The van der Waals surface area contributed by atoms with Crippen LogP contribution in [0.25, 0.3) is 11.1 Å². The second-order valence-electron chi connectivity index (χ2n) is 6.90. The lowest BCUT2D eigenvalue weighted by molar-refractivity contribution is -0.131. The highest BCUT2D eigenvalue weighted by Gasteiger charge is 2.29. The van der Waals surface area contributed by atoms with Gasteiger partial charge >= 0.3 is 5.76 Å². The number of hydrogen-bond donors (Lipinski definition) is 0. The van der Waals surface area contributed by atoms with Crippen LogP contribution in [0, 0.1) is 0 Å². The minimum Gasteiger partial charge on any atom is -0.471 e. The number of carbonyl (C=O) groups is 1. The van der Waals surface area contributed by atoms with Crippen molar-refractivity contribution >= 4 is 22.8 Å². The maximum absolute atomic E-state index is 12.7. The van der Waals surface area contributed by atoms with Crippen molar-refractivity contribution in [1.29, 1.82) is 0 Å². The molecule has 146 valence electrons. The fourth-order valence-corrected chi connectivity index (χ4v) is 3.23. The molecule has 1 atom stereocenters. The van der Waals surface area contributed by atoms with Gasteiger partial charge in [-0.25, -0.2) is 4.79 Å². The topological polar surface area (TPSA) is 93.7 Å². The number of rotatable bonds is 5. The van der Waals surface area contributed by atoms with Crippen molar-refractivity contribution in [2.75, 3.05) is 32.1 Å². The number of aromatic nitrogens is 3. The van der Waals surface area contributed by atoms with Crippen molar-refractivity contribution in [3.05, 3.63) is 47.2 Å². The van der Waals surface area contributed by atoms with Crippen molar-refractivity contribution in [3.63, 3.8) is 0 Å². The summed E-state index contributed by atoms with van der Waals surface area (Å²) in [4.78, 5) is 36.8. The first-order chi connectivity index (χ1) is 13.5. The van der Waals surface area contributed by atoms with Crippen molar-refractivity contribution < 1.29 is 13.9 Å². The summed E-state index contributed by atoms with van der Waals surface area (Å²) in [6.45, 7) is 0.949. The second-order valence-corrected chi connectivity index (χ2v) is 6.90. The van der Waals surface area contributed by atoms with E-state index in [9.17, 15) is 9.59 Å². The van der Waals surface area contributed by atoms with Crippen LogP contribution in [0.5, 0.6) is 5.88 Å². The molecule has 4 rings (SSSR count). The van der Waals surface area contributed by atoms with Crippen LogP contribution < -0.4 is 15.4 Å². The molecule has 0 spiro atoms. The summed E-state index contributed by atoms with van der Waals surface area (Å²) < 4.78 is 12.4. The van der Waals surface area contributed by atoms with Gasteiger partial charge in [-0.1, -0.05) is 12.1 Å². The molecular weight excluding hydrogens is 362 g/mol. The highest BCUT2D eigenvalue weighted by atomic mass is 16.5. The number of carbonyl (C=O) groups excluding carboxylic acids is 1. The highest BCUT2D eigenvalue weighted by molar-refractivity contribution is 5.79. The number of benzene rings is 1. The lowest BCUT2D eigenvalue weighted by atomic mass is 10.3. The van der Waals surface area contributed by atoms with Gasteiger partial charge in [-0.15, -0.1) is 0 Å². The average molecular weight is 383 g/mol. The third-order valence-electron chi connectivity index (χ3n) is 4.71. The number of para-hydroxylation sites is 2. The standard InChI is InChI=1S/C19H21N5O4/c1-22(2)16-9-20-10-17(21-16)27-13-7-8-23(11-13)18(25)12-24-14-5-3-4-6-15(14)28-19(24)26/h3-6,9-10,13H,7-8,11-12H2,1-2H3. The molecule has 1 saturated heterocycles. The Hall–Kier alpha value is -3.36. The van der Waals surface area contributed by atoms with Gasteiger partial charge in [-0.2, -0.15) is 4.98 Å². The Morgan fingerprint density at radius 3 is 2.96 bits per heavy atom. The molecule has 3 aromatic rings. The summed E-state index contributed by atoms with van der Waals surface area (Å²) in [5, 5.41) is 0. The van der Waals surface area contributed by atoms with Gasteiger partial charge in [-0.05, 0) is 12.1 Å². The smallest absolute Gasteiger partial charge is 0.420 e. The molecule has 28 heavy (non-hydrogen) atoms. The Kier molecular flexibility index (Phi) is 4.72. The molecule has 1 aliphatic heterocycles. The van der Waals surface area contributed by atoms with E-state index in [0.717, 1.165) is 0 Å². The van der Waals surface area contributed by atoms with Gasteiger partial charge in [-0.3, -0.25) is 14.3 Å². The molecule has 2 aromatic heterocycles. The predicted molar refractivity (Wildman–Crippen MR) is 102 cm³/mol. The summed E-state index contributed by atoms with van der Waals surface area (Å²) in [6.07, 6.45) is 3.76. The van der Waals surface area contributed by atoms with Crippen LogP contribution in [0.4, 0.5) is 5.82 Å². The van der Waals surface area contributed by atoms with Gasteiger partial charge in [0, 0.05) is 27.1 Å². The molecule has 3 heterocycles. The highest BCUT2D eigenvalue weighted by Crippen LogP contribution is 2.19. The normalized spacial score (nSPS) is 16.5. The number of likely N-dealkylation sites (tertiary alicyclic amines) is 1. The van der Waals surface area contributed by atoms with Crippen LogP contribution in [0.3, 0.4) is 0 Å². The van der Waals surface area contributed by atoms with E-state index in [1.54, 1.807) is 41.6 Å². The maximum Gasteiger partial charge on any atom is 0.420 e. The Morgan fingerprint density at radius 1 is 1.32 bits per heavy atom. The molecule has 0 radical (unpaired) electrons. The molecule has 0 N–H and O–H groups in total. The van der Waals surface area contributed by atoms with E-state index in [-0.39, 0.29) is 18.6 Å². The molecule has 0 bridgehead atoms. The quantitative estimate of drug-likeness (QED) is 0.652. The lowest BCUT2D eigenvalue weighted by Gasteiger charge is -2.17. The first-order valence-corrected chi connectivity index (χ1v) is 9.03. The molecule has 1 amide bonds. The van der Waals surface area contributed by atoms with E-state index in [4.69, 9.17) is 9.15 Å². The van der Waals surface area contributed by atoms with Crippen molar-refractivity contribution in [1.82, 2.24) is 19.4 Å².